The van der Waals surface area contributed by atoms with E-state index in [1.165, 1.54) is 6.07 Å². The lowest BCUT2D eigenvalue weighted by Crippen LogP contribution is -2.29. The lowest BCUT2D eigenvalue weighted by Gasteiger charge is -2.09. The third kappa shape index (κ3) is 4.20. The molecule has 0 radical (unpaired) electrons. The molecular formula is C18H12BrF2N3O2. The van der Waals surface area contributed by atoms with Gasteiger partial charge in [-0.3, -0.25) is 9.59 Å². The van der Waals surface area contributed by atoms with Gasteiger partial charge in [0.25, 0.3) is 5.56 Å². The molecule has 26 heavy (non-hydrogen) atoms. The minimum Gasteiger partial charge on any atom is -0.322 e. The van der Waals surface area contributed by atoms with Gasteiger partial charge in [0.15, 0.2) is 0 Å². The van der Waals surface area contributed by atoms with Crippen LogP contribution in [-0.2, 0) is 11.3 Å². The van der Waals surface area contributed by atoms with Crippen molar-refractivity contribution in [1.29, 1.82) is 0 Å². The van der Waals surface area contributed by atoms with Crippen LogP contribution in [0.5, 0.6) is 0 Å². The number of nitrogens with zero attached hydrogens (tertiary/aromatic N) is 2. The van der Waals surface area contributed by atoms with Crippen LogP contribution in [0.15, 0.2) is 63.9 Å². The van der Waals surface area contributed by atoms with E-state index in [-0.39, 0.29) is 5.69 Å². The third-order valence-electron chi connectivity index (χ3n) is 3.49. The molecule has 0 unspecified atom stereocenters. The molecule has 0 fully saturated rings. The molecule has 1 amide bonds. The second-order valence-corrected chi connectivity index (χ2v) is 6.31. The van der Waals surface area contributed by atoms with E-state index in [0.717, 1.165) is 26.9 Å². The summed E-state index contributed by atoms with van der Waals surface area (Å²) in [7, 11) is 0. The Labute approximate surface area is 155 Å². The number of benzene rings is 2. The molecular weight excluding hydrogens is 408 g/mol. The van der Waals surface area contributed by atoms with Crippen molar-refractivity contribution in [2.45, 2.75) is 6.54 Å². The van der Waals surface area contributed by atoms with Crippen molar-refractivity contribution in [3.05, 3.63) is 81.1 Å². The Hall–Kier alpha value is -2.87. The quantitative estimate of drug-likeness (QED) is 0.702. The number of hydrogen-bond donors (Lipinski definition) is 1. The minimum absolute atomic E-state index is 0.174. The first kappa shape index (κ1) is 17.9. The van der Waals surface area contributed by atoms with Crippen LogP contribution in [0.25, 0.3) is 11.3 Å². The summed E-state index contributed by atoms with van der Waals surface area (Å²) >= 11 is 3.36. The number of halogens is 3. The van der Waals surface area contributed by atoms with Crippen molar-refractivity contribution >= 4 is 27.5 Å². The standard InChI is InChI=1S/C18H12BrF2N3O2/c19-12-3-1-2-11(8-12)15-6-7-18(26)24(23-15)10-17(25)22-16-5-4-13(20)9-14(16)21/h1-9H,10H2,(H,22,25). The molecule has 132 valence electrons. The fraction of sp³-hybridized carbons (Fsp3) is 0.0556. The fourth-order valence-electron chi connectivity index (χ4n) is 2.28. The highest BCUT2D eigenvalue weighted by Gasteiger charge is 2.11. The molecule has 0 aliphatic rings. The highest BCUT2D eigenvalue weighted by molar-refractivity contribution is 9.10. The second kappa shape index (κ2) is 7.57. The topological polar surface area (TPSA) is 64.0 Å². The molecule has 2 aromatic carbocycles. The molecule has 0 bridgehead atoms. The SMILES string of the molecule is O=C(Cn1nc(-c2cccc(Br)c2)ccc1=O)Nc1ccc(F)cc1F. The van der Waals surface area contributed by atoms with Gasteiger partial charge in [0.1, 0.15) is 18.2 Å². The number of amides is 1. The van der Waals surface area contributed by atoms with Crippen LogP contribution in [0.2, 0.25) is 0 Å². The maximum absolute atomic E-state index is 13.6. The van der Waals surface area contributed by atoms with E-state index in [0.29, 0.717) is 11.8 Å². The van der Waals surface area contributed by atoms with Crippen molar-refractivity contribution in [3.63, 3.8) is 0 Å². The van der Waals surface area contributed by atoms with Crippen LogP contribution in [0, 0.1) is 11.6 Å². The van der Waals surface area contributed by atoms with Crippen molar-refractivity contribution in [2.75, 3.05) is 5.32 Å². The van der Waals surface area contributed by atoms with Crippen LogP contribution < -0.4 is 10.9 Å². The molecule has 0 aliphatic carbocycles. The van der Waals surface area contributed by atoms with E-state index in [1.807, 2.05) is 24.3 Å². The normalized spacial score (nSPS) is 10.6. The van der Waals surface area contributed by atoms with Crippen LogP contribution in [0.3, 0.4) is 0 Å². The summed E-state index contributed by atoms with van der Waals surface area (Å²) in [4.78, 5) is 24.1. The summed E-state index contributed by atoms with van der Waals surface area (Å²) in [6.45, 7) is -0.405. The van der Waals surface area contributed by atoms with Gasteiger partial charge in [0, 0.05) is 22.2 Å². The number of rotatable bonds is 4. The van der Waals surface area contributed by atoms with Gasteiger partial charge in [-0.15, -0.1) is 0 Å². The first-order chi connectivity index (χ1) is 12.4. The molecule has 0 saturated carbocycles. The van der Waals surface area contributed by atoms with E-state index in [4.69, 9.17) is 0 Å². The average Bonchev–Trinajstić information content (AvgIpc) is 2.59. The van der Waals surface area contributed by atoms with Crippen LogP contribution in [0.4, 0.5) is 14.5 Å². The van der Waals surface area contributed by atoms with E-state index in [9.17, 15) is 18.4 Å². The predicted molar refractivity (Wildman–Crippen MR) is 96.6 cm³/mol. The zero-order valence-electron chi connectivity index (χ0n) is 13.2. The molecule has 0 saturated heterocycles. The van der Waals surface area contributed by atoms with Crippen molar-refractivity contribution < 1.29 is 13.6 Å². The van der Waals surface area contributed by atoms with Gasteiger partial charge in [-0.25, -0.2) is 13.5 Å². The molecule has 1 aromatic heterocycles. The van der Waals surface area contributed by atoms with Crippen molar-refractivity contribution in [1.82, 2.24) is 9.78 Å². The van der Waals surface area contributed by atoms with Crippen molar-refractivity contribution in [2.24, 2.45) is 0 Å². The minimum atomic E-state index is -0.901. The summed E-state index contributed by atoms with van der Waals surface area (Å²) in [5.74, 6) is -2.31. The smallest absolute Gasteiger partial charge is 0.267 e. The molecule has 0 atom stereocenters. The largest absolute Gasteiger partial charge is 0.322 e. The van der Waals surface area contributed by atoms with Crippen LogP contribution >= 0.6 is 15.9 Å². The summed E-state index contributed by atoms with van der Waals surface area (Å²) in [5, 5.41) is 6.46. The van der Waals surface area contributed by atoms with Crippen LogP contribution in [0.1, 0.15) is 0 Å². The van der Waals surface area contributed by atoms with Gasteiger partial charge in [-0.05, 0) is 30.3 Å². The summed E-state index contributed by atoms with van der Waals surface area (Å²) in [6.07, 6.45) is 0. The van der Waals surface area contributed by atoms with Gasteiger partial charge in [0.05, 0.1) is 11.4 Å². The number of aromatic nitrogens is 2. The molecule has 0 spiro atoms. The monoisotopic (exact) mass is 419 g/mol. The Morgan fingerprint density at radius 3 is 2.65 bits per heavy atom. The zero-order chi connectivity index (χ0) is 18.7. The molecule has 3 rings (SSSR count). The Bertz CT molecular complexity index is 1040. The molecule has 5 nitrogen and oxygen atoms in total. The molecule has 1 N–H and O–H groups in total. The van der Waals surface area contributed by atoms with Gasteiger partial charge in [0.2, 0.25) is 5.91 Å². The Morgan fingerprint density at radius 1 is 1.12 bits per heavy atom. The van der Waals surface area contributed by atoms with E-state index < -0.39 is 29.6 Å². The Kier molecular flexibility index (Phi) is 5.22. The number of carbonyl (C=O) groups is 1. The van der Waals surface area contributed by atoms with Crippen LogP contribution in [-0.4, -0.2) is 15.7 Å². The molecule has 3 aromatic rings. The first-order valence-electron chi connectivity index (χ1n) is 7.51. The zero-order valence-corrected chi connectivity index (χ0v) is 14.8. The Morgan fingerprint density at radius 2 is 1.92 bits per heavy atom. The lowest BCUT2D eigenvalue weighted by molar-refractivity contribution is -0.117. The third-order valence-corrected chi connectivity index (χ3v) is 3.98. The number of nitrogens with one attached hydrogen (secondary N) is 1. The summed E-state index contributed by atoms with van der Waals surface area (Å²) in [6, 6.07) is 13.0. The number of anilines is 1. The summed E-state index contributed by atoms with van der Waals surface area (Å²) < 4.78 is 28.3. The van der Waals surface area contributed by atoms with Gasteiger partial charge >= 0.3 is 0 Å². The molecule has 1 heterocycles. The summed E-state index contributed by atoms with van der Waals surface area (Å²) in [5.41, 5.74) is 0.621. The number of carbonyl (C=O) groups excluding carboxylic acids is 1. The maximum Gasteiger partial charge on any atom is 0.267 e. The van der Waals surface area contributed by atoms with Gasteiger partial charge in [-0.2, -0.15) is 5.10 Å². The predicted octanol–water partition coefficient (Wildman–Crippen LogP) is 3.59. The first-order valence-corrected chi connectivity index (χ1v) is 8.31. The highest BCUT2D eigenvalue weighted by atomic mass is 79.9. The average molecular weight is 420 g/mol. The lowest BCUT2D eigenvalue weighted by atomic mass is 10.1. The fourth-order valence-corrected chi connectivity index (χ4v) is 2.68. The van der Waals surface area contributed by atoms with E-state index in [2.05, 4.69) is 26.3 Å². The maximum atomic E-state index is 13.6. The second-order valence-electron chi connectivity index (χ2n) is 5.40. The molecule has 8 heteroatoms. The molecule has 0 aliphatic heterocycles. The van der Waals surface area contributed by atoms with E-state index in [1.54, 1.807) is 6.07 Å². The van der Waals surface area contributed by atoms with Gasteiger partial charge in [-0.1, -0.05) is 28.1 Å². The number of hydrogen-bond acceptors (Lipinski definition) is 3. The highest BCUT2D eigenvalue weighted by Crippen LogP contribution is 2.20. The van der Waals surface area contributed by atoms with Gasteiger partial charge < -0.3 is 5.32 Å². The van der Waals surface area contributed by atoms with E-state index >= 15 is 0 Å². The Balaban J connectivity index is 1.82. The van der Waals surface area contributed by atoms with Crippen molar-refractivity contribution in [3.8, 4) is 11.3 Å².